The van der Waals surface area contributed by atoms with Crippen LogP contribution in [0.5, 0.6) is 0 Å². The predicted molar refractivity (Wildman–Crippen MR) is 97.1 cm³/mol. The predicted octanol–water partition coefficient (Wildman–Crippen LogP) is 4.28. The monoisotopic (exact) mass is 337 g/mol. The molecule has 0 aliphatic carbocycles. The molecule has 1 N–H and O–H groups in total. The number of aliphatic hydroxyl groups excluding tert-OH is 1. The van der Waals surface area contributed by atoms with Crippen molar-refractivity contribution >= 4 is 11.8 Å². The van der Waals surface area contributed by atoms with Crippen molar-refractivity contribution in [1.82, 2.24) is 4.90 Å². The quantitative estimate of drug-likeness (QED) is 0.328. The largest absolute Gasteiger partial charge is 0.376 e. The van der Waals surface area contributed by atoms with Crippen molar-refractivity contribution in [1.29, 1.82) is 0 Å². The number of imide groups is 1. The molecule has 2 unspecified atom stereocenters. The van der Waals surface area contributed by atoms with E-state index in [0.717, 1.165) is 17.7 Å². The Morgan fingerprint density at radius 2 is 1.58 bits per heavy atom. The molecule has 1 heterocycles. The van der Waals surface area contributed by atoms with Crippen LogP contribution in [0, 0.1) is 17.8 Å². The highest BCUT2D eigenvalue weighted by Gasteiger charge is 2.47. The molecule has 138 valence electrons. The summed E-state index contributed by atoms with van der Waals surface area (Å²) in [4.78, 5) is 25.4. The molecule has 1 saturated heterocycles. The van der Waals surface area contributed by atoms with Gasteiger partial charge in [-0.15, -0.1) is 0 Å². The van der Waals surface area contributed by atoms with Crippen LogP contribution in [0.2, 0.25) is 0 Å². The fourth-order valence-electron chi connectivity index (χ4n) is 3.46. The molecular weight excluding hydrogens is 302 g/mol. The minimum Gasteiger partial charge on any atom is -0.376 e. The Balaban J connectivity index is 2.32. The van der Waals surface area contributed by atoms with Gasteiger partial charge in [0.15, 0.2) is 0 Å². The van der Waals surface area contributed by atoms with Gasteiger partial charge in [-0.05, 0) is 18.8 Å². The zero-order chi connectivity index (χ0) is 17.9. The van der Waals surface area contributed by atoms with Gasteiger partial charge in [0.2, 0.25) is 11.8 Å². The minimum absolute atomic E-state index is 0.0933. The van der Waals surface area contributed by atoms with E-state index in [-0.39, 0.29) is 23.7 Å². The third kappa shape index (κ3) is 6.04. The lowest BCUT2D eigenvalue weighted by molar-refractivity contribution is -0.144. The number of amides is 2. The van der Waals surface area contributed by atoms with Crippen LogP contribution in [0.1, 0.15) is 78.6 Å². The van der Waals surface area contributed by atoms with Gasteiger partial charge in [-0.1, -0.05) is 77.9 Å². The Bertz CT molecular complexity index is 417. The molecule has 1 aliphatic heterocycles. The summed E-state index contributed by atoms with van der Waals surface area (Å²) in [5.74, 6) is -1.14. The van der Waals surface area contributed by atoms with Crippen molar-refractivity contribution in [2.45, 2.75) is 78.6 Å². The van der Waals surface area contributed by atoms with Gasteiger partial charge in [-0.25, -0.2) is 0 Å². The molecule has 0 spiro atoms. The van der Waals surface area contributed by atoms with Gasteiger partial charge in [-0.3, -0.25) is 14.5 Å². The number of nitrogens with zero attached hydrogens (tertiary/aromatic N) is 1. The Kier molecular flexibility index (Phi) is 9.92. The zero-order valence-electron chi connectivity index (χ0n) is 15.7. The van der Waals surface area contributed by atoms with E-state index in [1.54, 1.807) is 0 Å². The summed E-state index contributed by atoms with van der Waals surface area (Å²) in [5.41, 5.74) is 0. The first-order chi connectivity index (χ1) is 11.5. The van der Waals surface area contributed by atoms with Crippen molar-refractivity contribution in [2.24, 2.45) is 17.8 Å². The average Bonchev–Trinajstić information content (AvgIpc) is 2.79. The van der Waals surface area contributed by atoms with Crippen molar-refractivity contribution in [3.8, 4) is 0 Å². The fourth-order valence-corrected chi connectivity index (χ4v) is 3.46. The normalized spacial score (nSPS) is 21.6. The summed E-state index contributed by atoms with van der Waals surface area (Å²) in [6.07, 6.45) is 15.2. The average molecular weight is 338 g/mol. The van der Waals surface area contributed by atoms with E-state index >= 15 is 0 Å². The summed E-state index contributed by atoms with van der Waals surface area (Å²) in [5, 5.41) is 9.23. The molecule has 1 aliphatic rings. The number of unbranched alkanes of at least 4 members (excludes halogenated alkanes) is 8. The highest BCUT2D eigenvalue weighted by atomic mass is 16.3. The minimum atomic E-state index is -0.511. The van der Waals surface area contributed by atoms with E-state index in [2.05, 4.69) is 6.92 Å². The molecule has 0 aromatic rings. The lowest BCUT2D eigenvalue weighted by Gasteiger charge is -2.15. The van der Waals surface area contributed by atoms with E-state index < -0.39 is 12.6 Å². The van der Waals surface area contributed by atoms with Crippen LogP contribution in [0.25, 0.3) is 0 Å². The molecule has 2 amide bonds. The molecule has 1 fully saturated rings. The molecule has 0 aromatic heterocycles. The number of hydrogen-bond donors (Lipinski definition) is 1. The Labute approximate surface area is 147 Å². The van der Waals surface area contributed by atoms with Gasteiger partial charge in [0.05, 0.1) is 11.8 Å². The van der Waals surface area contributed by atoms with Crippen LogP contribution < -0.4 is 0 Å². The first-order valence-electron chi connectivity index (χ1n) is 9.67. The highest BCUT2D eigenvalue weighted by Crippen LogP contribution is 2.32. The number of aliphatic hydroxyl groups is 1. The van der Waals surface area contributed by atoms with E-state index in [1.165, 1.54) is 44.9 Å². The summed E-state index contributed by atoms with van der Waals surface area (Å²) < 4.78 is 0. The number of carbonyl (C=O) groups is 2. The Morgan fingerprint density at radius 3 is 2.12 bits per heavy atom. The van der Waals surface area contributed by atoms with Crippen molar-refractivity contribution in [3.63, 3.8) is 0 Å². The molecule has 4 nitrogen and oxygen atoms in total. The van der Waals surface area contributed by atoms with Gasteiger partial charge in [-0.2, -0.15) is 0 Å². The molecule has 0 saturated carbocycles. The second-order valence-electron chi connectivity index (χ2n) is 7.23. The third-order valence-corrected chi connectivity index (χ3v) is 4.92. The summed E-state index contributed by atoms with van der Waals surface area (Å²) in [6.45, 7) is 5.63. The molecule has 24 heavy (non-hydrogen) atoms. The maximum absolute atomic E-state index is 12.2. The van der Waals surface area contributed by atoms with E-state index in [9.17, 15) is 14.7 Å². The van der Waals surface area contributed by atoms with Crippen LogP contribution in [0.15, 0.2) is 12.2 Å². The van der Waals surface area contributed by atoms with Gasteiger partial charge in [0.25, 0.3) is 0 Å². The molecule has 0 bridgehead atoms. The highest BCUT2D eigenvalue weighted by molar-refractivity contribution is 6.05. The van der Waals surface area contributed by atoms with Crippen molar-refractivity contribution < 1.29 is 14.7 Å². The van der Waals surface area contributed by atoms with Crippen LogP contribution in [0.4, 0.5) is 0 Å². The Morgan fingerprint density at radius 1 is 1.00 bits per heavy atom. The SMILES string of the molecule is CCCCCCCCCCC=CC1C(=O)N(CO)C(=O)C1C(C)C. The summed E-state index contributed by atoms with van der Waals surface area (Å²) in [7, 11) is 0. The number of rotatable bonds is 12. The smallest absolute Gasteiger partial charge is 0.238 e. The molecule has 2 atom stereocenters. The van der Waals surface area contributed by atoms with Gasteiger partial charge < -0.3 is 5.11 Å². The number of carbonyl (C=O) groups excluding carboxylic acids is 2. The van der Waals surface area contributed by atoms with Crippen LogP contribution in [0.3, 0.4) is 0 Å². The Hall–Kier alpha value is -1.16. The first kappa shape index (κ1) is 20.9. The van der Waals surface area contributed by atoms with Gasteiger partial charge >= 0.3 is 0 Å². The maximum atomic E-state index is 12.2. The molecule has 1 rings (SSSR count). The standard InChI is InChI=1S/C20H35NO3/c1-4-5-6-7-8-9-10-11-12-13-14-17-18(16(2)3)20(24)21(15-22)19(17)23/h13-14,16-18,22H,4-12,15H2,1-3H3. The van der Waals surface area contributed by atoms with Crippen LogP contribution >= 0.6 is 0 Å². The van der Waals surface area contributed by atoms with Crippen LogP contribution in [-0.2, 0) is 9.59 Å². The number of hydrogen-bond acceptors (Lipinski definition) is 3. The maximum Gasteiger partial charge on any atom is 0.238 e. The molecule has 0 radical (unpaired) electrons. The van der Waals surface area contributed by atoms with Gasteiger partial charge in [0, 0.05) is 0 Å². The fraction of sp³-hybridized carbons (Fsp3) is 0.800. The second kappa shape index (κ2) is 11.4. The van der Waals surface area contributed by atoms with Crippen LogP contribution in [-0.4, -0.2) is 28.6 Å². The first-order valence-corrected chi connectivity index (χ1v) is 9.67. The van der Waals surface area contributed by atoms with Gasteiger partial charge in [0.1, 0.15) is 6.73 Å². The number of allylic oxidation sites excluding steroid dienone is 1. The zero-order valence-corrected chi connectivity index (χ0v) is 15.7. The second-order valence-corrected chi connectivity index (χ2v) is 7.23. The lowest BCUT2D eigenvalue weighted by atomic mass is 9.85. The summed E-state index contributed by atoms with van der Waals surface area (Å²) in [6, 6.07) is 0. The van der Waals surface area contributed by atoms with Crippen molar-refractivity contribution in [3.05, 3.63) is 12.2 Å². The number of likely N-dealkylation sites (tertiary alicyclic amines) is 1. The molecular formula is C20H35NO3. The van der Waals surface area contributed by atoms with E-state index in [1.807, 2.05) is 26.0 Å². The van der Waals surface area contributed by atoms with E-state index in [0.29, 0.717) is 0 Å². The summed E-state index contributed by atoms with van der Waals surface area (Å²) >= 11 is 0. The molecule has 0 aromatic carbocycles. The lowest BCUT2D eigenvalue weighted by Crippen LogP contribution is -2.32. The van der Waals surface area contributed by atoms with Crippen molar-refractivity contribution in [2.75, 3.05) is 6.73 Å². The van der Waals surface area contributed by atoms with E-state index in [4.69, 9.17) is 0 Å². The topological polar surface area (TPSA) is 57.6 Å². The third-order valence-electron chi connectivity index (χ3n) is 4.92. The molecule has 4 heteroatoms.